The molecule has 0 atom stereocenters. The Hall–Kier alpha value is -1.93. The van der Waals surface area contributed by atoms with Crippen molar-refractivity contribution in [3.05, 3.63) is 46.3 Å². The number of nitriles is 1. The van der Waals surface area contributed by atoms with Crippen LogP contribution in [-0.2, 0) is 0 Å². The molecule has 0 aliphatic heterocycles. The average Bonchev–Trinajstić information content (AvgIpc) is 2.34. The Morgan fingerprint density at radius 1 is 1.29 bits per heavy atom. The minimum Gasteiger partial charge on any atom is -0.340 e. The van der Waals surface area contributed by atoms with Crippen LogP contribution in [0.15, 0.2) is 35.1 Å². The van der Waals surface area contributed by atoms with Gasteiger partial charge in [-0.15, -0.1) is 0 Å². The van der Waals surface area contributed by atoms with Crippen molar-refractivity contribution >= 4 is 27.4 Å². The number of anilines is 2. The van der Waals surface area contributed by atoms with Crippen LogP contribution in [0.25, 0.3) is 0 Å². The number of hydrogen-bond acceptors (Lipinski definition) is 4. The third-order valence-electron chi connectivity index (χ3n) is 2.21. The molecule has 0 fully saturated rings. The third-order valence-corrected chi connectivity index (χ3v) is 3.10. The van der Waals surface area contributed by atoms with Gasteiger partial charge in [0.05, 0.1) is 0 Å². The summed E-state index contributed by atoms with van der Waals surface area (Å²) in [5.41, 5.74) is 2.40. The highest BCUT2D eigenvalue weighted by atomic mass is 79.9. The van der Waals surface area contributed by atoms with Crippen molar-refractivity contribution in [2.24, 2.45) is 0 Å². The Bertz CT molecular complexity index is 589. The molecule has 5 heteroatoms. The second kappa shape index (κ2) is 4.93. The van der Waals surface area contributed by atoms with E-state index in [0.29, 0.717) is 11.5 Å². The molecule has 0 unspecified atom stereocenters. The van der Waals surface area contributed by atoms with E-state index in [-0.39, 0.29) is 0 Å². The number of halogens is 1. The molecule has 4 nitrogen and oxygen atoms in total. The van der Waals surface area contributed by atoms with Crippen LogP contribution in [0, 0.1) is 18.3 Å². The molecule has 0 aliphatic rings. The van der Waals surface area contributed by atoms with Crippen LogP contribution >= 0.6 is 15.9 Å². The van der Waals surface area contributed by atoms with Crippen LogP contribution in [0.3, 0.4) is 0 Å². The van der Waals surface area contributed by atoms with Gasteiger partial charge in [-0.2, -0.15) is 5.26 Å². The Kier molecular flexibility index (Phi) is 3.35. The van der Waals surface area contributed by atoms with Gasteiger partial charge < -0.3 is 5.32 Å². The zero-order valence-electron chi connectivity index (χ0n) is 9.11. The highest BCUT2D eigenvalue weighted by molar-refractivity contribution is 9.10. The number of nitrogens with zero attached hydrogens (tertiary/aromatic N) is 3. The van der Waals surface area contributed by atoms with E-state index in [0.717, 1.165) is 15.7 Å². The molecule has 0 spiro atoms. The van der Waals surface area contributed by atoms with E-state index >= 15 is 0 Å². The topological polar surface area (TPSA) is 61.6 Å². The first-order chi connectivity index (χ1) is 8.19. The van der Waals surface area contributed by atoms with Crippen molar-refractivity contribution < 1.29 is 0 Å². The van der Waals surface area contributed by atoms with Crippen LogP contribution in [0.2, 0.25) is 0 Å². The predicted octanol–water partition coefficient (Wildman–Crippen LogP) is 3.16. The van der Waals surface area contributed by atoms with Gasteiger partial charge in [-0.1, -0.05) is 15.9 Å². The third kappa shape index (κ3) is 2.80. The summed E-state index contributed by atoms with van der Waals surface area (Å²) in [5, 5.41) is 11.9. The smallest absolute Gasteiger partial charge is 0.145 e. The van der Waals surface area contributed by atoms with Crippen LogP contribution in [0.4, 0.5) is 11.5 Å². The average molecular weight is 289 g/mol. The van der Waals surface area contributed by atoms with E-state index in [1.54, 1.807) is 6.07 Å². The minimum atomic E-state index is 0.344. The summed E-state index contributed by atoms with van der Waals surface area (Å²) in [5.74, 6) is 0.610. The molecular formula is C12H9BrN4. The van der Waals surface area contributed by atoms with E-state index in [1.807, 2.05) is 31.2 Å². The van der Waals surface area contributed by atoms with Gasteiger partial charge >= 0.3 is 0 Å². The molecule has 0 amide bonds. The summed E-state index contributed by atoms with van der Waals surface area (Å²) in [7, 11) is 0. The predicted molar refractivity (Wildman–Crippen MR) is 68.9 cm³/mol. The van der Waals surface area contributed by atoms with E-state index in [1.165, 1.54) is 6.33 Å². The Morgan fingerprint density at radius 3 is 2.82 bits per heavy atom. The molecule has 84 valence electrons. The first kappa shape index (κ1) is 11.6. The number of aromatic nitrogens is 2. The van der Waals surface area contributed by atoms with Gasteiger partial charge in [-0.25, -0.2) is 9.97 Å². The first-order valence-electron chi connectivity index (χ1n) is 4.94. The molecule has 0 bridgehead atoms. The zero-order chi connectivity index (χ0) is 12.3. The lowest BCUT2D eigenvalue weighted by Gasteiger charge is -2.07. The van der Waals surface area contributed by atoms with Gasteiger partial charge in [0, 0.05) is 16.2 Å². The monoisotopic (exact) mass is 288 g/mol. The Balaban J connectivity index is 2.25. The number of nitrogens with one attached hydrogen (secondary N) is 1. The summed E-state index contributed by atoms with van der Waals surface area (Å²) in [6.07, 6.45) is 1.37. The lowest BCUT2D eigenvalue weighted by molar-refractivity contribution is 1.14. The Labute approximate surface area is 107 Å². The molecule has 2 aromatic rings. The van der Waals surface area contributed by atoms with E-state index < -0.39 is 0 Å². The molecule has 0 radical (unpaired) electrons. The van der Waals surface area contributed by atoms with Gasteiger partial charge in [0.2, 0.25) is 0 Å². The maximum absolute atomic E-state index is 8.73. The fourth-order valence-corrected chi connectivity index (χ4v) is 1.60. The van der Waals surface area contributed by atoms with Gasteiger partial charge in [0.1, 0.15) is 23.9 Å². The SMILES string of the molecule is Cc1cc(Nc2cc(C#N)ncn2)ccc1Br. The summed E-state index contributed by atoms with van der Waals surface area (Å²) in [6.45, 7) is 2.01. The maximum Gasteiger partial charge on any atom is 0.145 e. The number of benzene rings is 1. The quantitative estimate of drug-likeness (QED) is 0.922. The van der Waals surface area contributed by atoms with Crippen LogP contribution in [0.5, 0.6) is 0 Å². The van der Waals surface area contributed by atoms with Gasteiger partial charge in [-0.3, -0.25) is 0 Å². The fraction of sp³-hybridized carbons (Fsp3) is 0.0833. The normalized spacial score (nSPS) is 9.71. The van der Waals surface area contributed by atoms with Crippen LogP contribution in [-0.4, -0.2) is 9.97 Å². The van der Waals surface area contributed by atoms with Gasteiger partial charge in [0.25, 0.3) is 0 Å². The van der Waals surface area contributed by atoms with Crippen molar-refractivity contribution in [3.63, 3.8) is 0 Å². The van der Waals surface area contributed by atoms with E-state index in [9.17, 15) is 0 Å². The van der Waals surface area contributed by atoms with Gasteiger partial charge in [-0.05, 0) is 30.7 Å². The molecule has 1 aromatic carbocycles. The molecule has 2 rings (SSSR count). The summed E-state index contributed by atoms with van der Waals surface area (Å²) in [6, 6.07) is 9.48. The molecule has 0 saturated heterocycles. The van der Waals surface area contributed by atoms with Crippen molar-refractivity contribution in [3.8, 4) is 6.07 Å². The minimum absolute atomic E-state index is 0.344. The molecule has 1 aromatic heterocycles. The second-order valence-corrected chi connectivity index (χ2v) is 4.34. The lowest BCUT2D eigenvalue weighted by Crippen LogP contribution is -1.96. The molecule has 0 aliphatic carbocycles. The summed E-state index contributed by atoms with van der Waals surface area (Å²) < 4.78 is 1.06. The van der Waals surface area contributed by atoms with Crippen molar-refractivity contribution in [2.75, 3.05) is 5.32 Å². The largest absolute Gasteiger partial charge is 0.340 e. The molecule has 1 N–H and O–H groups in total. The summed E-state index contributed by atoms with van der Waals surface area (Å²) >= 11 is 3.44. The Morgan fingerprint density at radius 2 is 2.12 bits per heavy atom. The molecule has 1 heterocycles. The molecule has 17 heavy (non-hydrogen) atoms. The second-order valence-electron chi connectivity index (χ2n) is 3.49. The fourth-order valence-electron chi connectivity index (χ4n) is 1.36. The van der Waals surface area contributed by atoms with Crippen LogP contribution < -0.4 is 5.32 Å². The van der Waals surface area contributed by atoms with Crippen molar-refractivity contribution in [2.45, 2.75) is 6.92 Å². The highest BCUT2D eigenvalue weighted by Gasteiger charge is 2.00. The number of hydrogen-bond donors (Lipinski definition) is 1. The van der Waals surface area contributed by atoms with Crippen molar-refractivity contribution in [1.82, 2.24) is 9.97 Å². The number of aryl methyl sites for hydroxylation is 1. The van der Waals surface area contributed by atoms with E-state index in [4.69, 9.17) is 5.26 Å². The highest BCUT2D eigenvalue weighted by Crippen LogP contribution is 2.22. The summed E-state index contributed by atoms with van der Waals surface area (Å²) in [4.78, 5) is 7.86. The van der Waals surface area contributed by atoms with Crippen LogP contribution in [0.1, 0.15) is 11.3 Å². The number of rotatable bonds is 2. The van der Waals surface area contributed by atoms with Gasteiger partial charge in [0.15, 0.2) is 0 Å². The van der Waals surface area contributed by atoms with E-state index in [2.05, 4.69) is 31.2 Å². The first-order valence-corrected chi connectivity index (χ1v) is 5.73. The lowest BCUT2D eigenvalue weighted by atomic mass is 10.2. The molecule has 0 saturated carbocycles. The molecular weight excluding hydrogens is 280 g/mol. The standard InChI is InChI=1S/C12H9BrN4/c1-8-4-9(2-3-11(8)13)17-12-5-10(6-14)15-7-16-12/h2-5,7H,1H3,(H,15,16,17). The van der Waals surface area contributed by atoms with Crippen molar-refractivity contribution in [1.29, 1.82) is 5.26 Å². The zero-order valence-corrected chi connectivity index (χ0v) is 10.7. The maximum atomic E-state index is 8.73.